The van der Waals surface area contributed by atoms with Crippen molar-refractivity contribution < 1.29 is 0 Å². The molecule has 3 rings (SSSR count). The molecule has 2 N–H and O–H groups in total. The second-order valence-electron chi connectivity index (χ2n) is 6.84. The van der Waals surface area contributed by atoms with Crippen LogP contribution in [0.4, 0.5) is 23.5 Å². The topological polar surface area (TPSA) is 70.3 Å². The van der Waals surface area contributed by atoms with E-state index >= 15 is 0 Å². The second-order valence-corrected chi connectivity index (χ2v) is 6.84. The van der Waals surface area contributed by atoms with Gasteiger partial charge in [0, 0.05) is 64.8 Å². The largest absolute Gasteiger partial charge is 0.356 e. The average Bonchev–Trinajstić information content (AvgIpc) is 3.30. The lowest BCUT2D eigenvalue weighted by Crippen LogP contribution is -2.32. The molecule has 8 nitrogen and oxygen atoms in total. The van der Waals surface area contributed by atoms with Crippen LogP contribution >= 0.6 is 0 Å². The Morgan fingerprint density at radius 1 is 0.741 bits per heavy atom. The molecule has 0 saturated carbocycles. The summed E-state index contributed by atoms with van der Waals surface area (Å²) in [6, 6.07) is 0. The van der Waals surface area contributed by atoms with Crippen LogP contribution in [-0.2, 0) is 0 Å². The van der Waals surface area contributed by atoms with Crippen LogP contribution in [0.2, 0.25) is 0 Å². The van der Waals surface area contributed by atoms with Crippen molar-refractivity contribution in [2.24, 2.45) is 0 Å². The zero-order valence-electron chi connectivity index (χ0n) is 17.2. The molecule has 0 unspecified atom stereocenters. The fourth-order valence-electron chi connectivity index (χ4n) is 3.69. The maximum absolute atomic E-state index is 4.81. The summed E-state index contributed by atoms with van der Waals surface area (Å²) in [5, 5.41) is 0. The molecule has 1 saturated heterocycles. The Bertz CT molecular complexity index is 627. The SMILES string of the molecule is CCN(CC)c1c[nH]c(N2CCCN(c3nc(N(CC)CC)c[nH]3)CC2)n1. The second kappa shape index (κ2) is 9.01. The summed E-state index contributed by atoms with van der Waals surface area (Å²) in [6.45, 7) is 16.4. The van der Waals surface area contributed by atoms with Gasteiger partial charge in [0.15, 0.2) is 0 Å². The standard InChI is InChI=1S/C19H34N8/c1-5-24(6-2)16-14-20-18(22-16)26-10-9-11-27(13-12-26)19-21-15-17(23-19)25(7-3)8-4/h14-15H,5-13H2,1-4H3,(H,20,22)(H,21,23). The third-order valence-corrected chi connectivity index (χ3v) is 5.37. The fourth-order valence-corrected chi connectivity index (χ4v) is 3.69. The van der Waals surface area contributed by atoms with Crippen molar-refractivity contribution in [1.82, 2.24) is 19.9 Å². The van der Waals surface area contributed by atoms with Crippen molar-refractivity contribution in [3.8, 4) is 0 Å². The number of imidazole rings is 2. The molecule has 0 aromatic carbocycles. The molecule has 0 radical (unpaired) electrons. The van der Waals surface area contributed by atoms with Gasteiger partial charge in [-0.1, -0.05) is 0 Å². The highest BCUT2D eigenvalue weighted by Crippen LogP contribution is 2.21. The Hall–Kier alpha value is -2.38. The van der Waals surface area contributed by atoms with Crippen LogP contribution < -0.4 is 19.6 Å². The number of hydrogen-bond donors (Lipinski definition) is 2. The van der Waals surface area contributed by atoms with Gasteiger partial charge in [-0.2, -0.15) is 9.97 Å². The molecule has 0 bridgehead atoms. The van der Waals surface area contributed by atoms with E-state index in [1.54, 1.807) is 0 Å². The van der Waals surface area contributed by atoms with Gasteiger partial charge in [-0.15, -0.1) is 0 Å². The Balaban J connectivity index is 1.64. The van der Waals surface area contributed by atoms with Crippen molar-refractivity contribution in [1.29, 1.82) is 0 Å². The number of anilines is 4. The van der Waals surface area contributed by atoms with E-state index in [1.807, 2.05) is 12.4 Å². The molecule has 0 aliphatic carbocycles. The first-order valence-electron chi connectivity index (χ1n) is 10.3. The molecule has 2 aromatic heterocycles. The fraction of sp³-hybridized carbons (Fsp3) is 0.684. The van der Waals surface area contributed by atoms with Crippen molar-refractivity contribution in [2.45, 2.75) is 34.1 Å². The molecule has 150 valence electrons. The number of H-pyrrole nitrogens is 2. The lowest BCUT2D eigenvalue weighted by atomic mass is 10.4. The minimum atomic E-state index is 0.937. The van der Waals surface area contributed by atoms with E-state index in [0.29, 0.717) is 0 Å². The van der Waals surface area contributed by atoms with Crippen LogP contribution in [-0.4, -0.2) is 72.3 Å². The molecule has 8 heteroatoms. The number of nitrogens with zero attached hydrogens (tertiary/aromatic N) is 6. The van der Waals surface area contributed by atoms with Gasteiger partial charge in [-0.05, 0) is 34.1 Å². The molecule has 1 aliphatic rings. The van der Waals surface area contributed by atoms with Gasteiger partial charge in [-0.3, -0.25) is 0 Å². The van der Waals surface area contributed by atoms with Gasteiger partial charge in [0.2, 0.25) is 11.9 Å². The van der Waals surface area contributed by atoms with Crippen LogP contribution in [0.5, 0.6) is 0 Å². The molecule has 2 aromatic rings. The minimum absolute atomic E-state index is 0.937. The zero-order chi connectivity index (χ0) is 19.2. The van der Waals surface area contributed by atoms with E-state index in [0.717, 1.165) is 82.3 Å². The molecular formula is C19H34N8. The van der Waals surface area contributed by atoms with Crippen molar-refractivity contribution in [2.75, 3.05) is 72.0 Å². The number of nitrogens with one attached hydrogen (secondary N) is 2. The van der Waals surface area contributed by atoms with Crippen LogP contribution in [0.3, 0.4) is 0 Å². The van der Waals surface area contributed by atoms with Crippen LogP contribution in [0, 0.1) is 0 Å². The van der Waals surface area contributed by atoms with Gasteiger partial charge in [0.25, 0.3) is 0 Å². The van der Waals surface area contributed by atoms with Gasteiger partial charge in [0.05, 0.1) is 0 Å². The summed E-state index contributed by atoms with van der Waals surface area (Å²) >= 11 is 0. The quantitative estimate of drug-likeness (QED) is 0.740. The van der Waals surface area contributed by atoms with E-state index < -0.39 is 0 Å². The zero-order valence-corrected chi connectivity index (χ0v) is 17.2. The maximum atomic E-state index is 4.81. The maximum Gasteiger partial charge on any atom is 0.204 e. The van der Waals surface area contributed by atoms with Crippen molar-refractivity contribution >= 4 is 23.5 Å². The Kier molecular flexibility index (Phi) is 6.47. The Morgan fingerprint density at radius 3 is 1.52 bits per heavy atom. The van der Waals surface area contributed by atoms with E-state index in [9.17, 15) is 0 Å². The first-order chi connectivity index (χ1) is 13.2. The first kappa shape index (κ1) is 19.4. The van der Waals surface area contributed by atoms with E-state index in [4.69, 9.17) is 9.97 Å². The van der Waals surface area contributed by atoms with Gasteiger partial charge in [-0.25, -0.2) is 0 Å². The van der Waals surface area contributed by atoms with Crippen molar-refractivity contribution in [3.63, 3.8) is 0 Å². The Labute approximate surface area is 162 Å². The number of hydrogen-bond acceptors (Lipinski definition) is 6. The smallest absolute Gasteiger partial charge is 0.204 e. The highest BCUT2D eigenvalue weighted by atomic mass is 15.4. The summed E-state index contributed by atoms with van der Waals surface area (Å²) in [5.41, 5.74) is 0. The number of rotatable bonds is 8. The summed E-state index contributed by atoms with van der Waals surface area (Å²) in [5.74, 6) is 4.01. The van der Waals surface area contributed by atoms with Crippen molar-refractivity contribution in [3.05, 3.63) is 12.4 Å². The molecule has 0 atom stereocenters. The molecule has 1 aliphatic heterocycles. The molecule has 1 fully saturated rings. The van der Waals surface area contributed by atoms with Crippen LogP contribution in [0.25, 0.3) is 0 Å². The predicted molar refractivity (Wildman–Crippen MR) is 113 cm³/mol. The van der Waals surface area contributed by atoms with E-state index in [1.165, 1.54) is 0 Å². The monoisotopic (exact) mass is 374 g/mol. The minimum Gasteiger partial charge on any atom is -0.356 e. The van der Waals surface area contributed by atoms with E-state index in [2.05, 4.69) is 57.3 Å². The van der Waals surface area contributed by atoms with E-state index in [-0.39, 0.29) is 0 Å². The summed E-state index contributed by atoms with van der Waals surface area (Å²) in [6.07, 6.45) is 5.13. The molecule has 3 heterocycles. The summed E-state index contributed by atoms with van der Waals surface area (Å²) in [4.78, 5) is 25.6. The summed E-state index contributed by atoms with van der Waals surface area (Å²) in [7, 11) is 0. The number of aromatic amines is 2. The Morgan fingerprint density at radius 2 is 1.15 bits per heavy atom. The first-order valence-corrected chi connectivity index (χ1v) is 10.3. The highest BCUT2D eigenvalue weighted by Gasteiger charge is 2.20. The molecule has 27 heavy (non-hydrogen) atoms. The molecule has 0 amide bonds. The van der Waals surface area contributed by atoms with Gasteiger partial charge >= 0.3 is 0 Å². The molecular weight excluding hydrogens is 340 g/mol. The normalized spacial score (nSPS) is 15.1. The highest BCUT2D eigenvalue weighted by molar-refractivity contribution is 5.47. The third kappa shape index (κ3) is 4.31. The van der Waals surface area contributed by atoms with Crippen LogP contribution in [0.15, 0.2) is 12.4 Å². The molecule has 0 spiro atoms. The van der Waals surface area contributed by atoms with Gasteiger partial charge < -0.3 is 29.6 Å². The third-order valence-electron chi connectivity index (χ3n) is 5.37. The lowest BCUT2D eigenvalue weighted by Gasteiger charge is -2.22. The van der Waals surface area contributed by atoms with Crippen LogP contribution in [0.1, 0.15) is 34.1 Å². The average molecular weight is 375 g/mol. The summed E-state index contributed by atoms with van der Waals surface area (Å²) < 4.78 is 0. The predicted octanol–water partition coefficient (Wildman–Crippen LogP) is 2.54. The number of aromatic nitrogens is 4. The lowest BCUT2D eigenvalue weighted by molar-refractivity contribution is 0.782. The van der Waals surface area contributed by atoms with Gasteiger partial charge in [0.1, 0.15) is 11.6 Å².